The van der Waals surface area contributed by atoms with Gasteiger partial charge in [0, 0.05) is 43.6 Å². The van der Waals surface area contributed by atoms with E-state index in [1.807, 2.05) is 0 Å². The van der Waals surface area contributed by atoms with Gasteiger partial charge in [-0.15, -0.1) is 0 Å². The summed E-state index contributed by atoms with van der Waals surface area (Å²) < 4.78 is 0. The van der Waals surface area contributed by atoms with Gasteiger partial charge in [-0.1, -0.05) is 74.4 Å². The molecule has 1 aromatic carbocycles. The second-order valence-electron chi connectivity index (χ2n) is 7.91. The highest BCUT2D eigenvalue weighted by Crippen LogP contribution is 2.42. The predicted octanol–water partition coefficient (Wildman–Crippen LogP) is 4.50. The molecule has 3 heteroatoms. The molecule has 1 saturated heterocycles. The SMILES string of the molecule is CCCCCC(=O)N1CCN2CC(c3ccccc3)C3C=CC=CC3=C2C1. The zero-order valence-electron chi connectivity index (χ0n) is 16.3. The van der Waals surface area contributed by atoms with Crippen molar-refractivity contribution in [2.24, 2.45) is 5.92 Å². The van der Waals surface area contributed by atoms with Gasteiger partial charge in [-0.3, -0.25) is 4.79 Å². The third-order valence-electron chi connectivity index (χ3n) is 6.19. The Kier molecular flexibility index (Phi) is 5.47. The number of fused-ring (bicyclic) bond motifs is 2. The lowest BCUT2D eigenvalue weighted by molar-refractivity contribution is -0.132. The quantitative estimate of drug-likeness (QED) is 0.720. The number of allylic oxidation sites excluding steroid dienone is 5. The Morgan fingerprint density at radius 2 is 1.96 bits per heavy atom. The molecule has 27 heavy (non-hydrogen) atoms. The van der Waals surface area contributed by atoms with E-state index in [4.69, 9.17) is 0 Å². The van der Waals surface area contributed by atoms with E-state index in [0.717, 1.165) is 45.4 Å². The van der Waals surface area contributed by atoms with Gasteiger partial charge >= 0.3 is 0 Å². The van der Waals surface area contributed by atoms with Crippen LogP contribution in [0.3, 0.4) is 0 Å². The monoisotopic (exact) mass is 362 g/mol. The van der Waals surface area contributed by atoms with Crippen LogP contribution in [-0.2, 0) is 4.79 Å². The first-order chi connectivity index (χ1) is 13.3. The van der Waals surface area contributed by atoms with E-state index < -0.39 is 0 Å². The third-order valence-corrected chi connectivity index (χ3v) is 6.19. The van der Waals surface area contributed by atoms with Crippen molar-refractivity contribution in [3.05, 3.63) is 71.5 Å². The number of piperazine rings is 1. The molecule has 1 amide bonds. The summed E-state index contributed by atoms with van der Waals surface area (Å²) in [5.41, 5.74) is 4.18. The average Bonchev–Trinajstić information content (AvgIpc) is 2.73. The highest BCUT2D eigenvalue weighted by Gasteiger charge is 2.37. The number of carbonyl (C=O) groups excluding carboxylic acids is 1. The molecule has 0 N–H and O–H groups in total. The fourth-order valence-corrected chi connectivity index (χ4v) is 4.67. The Labute approximate surface area is 163 Å². The van der Waals surface area contributed by atoms with Crippen LogP contribution in [0.1, 0.15) is 44.1 Å². The maximum absolute atomic E-state index is 12.6. The fraction of sp³-hybridized carbons (Fsp3) is 0.458. The van der Waals surface area contributed by atoms with Crippen molar-refractivity contribution in [3.63, 3.8) is 0 Å². The molecule has 2 heterocycles. The molecule has 0 radical (unpaired) electrons. The van der Waals surface area contributed by atoms with Crippen LogP contribution in [0.5, 0.6) is 0 Å². The van der Waals surface area contributed by atoms with Crippen LogP contribution in [0.25, 0.3) is 0 Å². The van der Waals surface area contributed by atoms with Gasteiger partial charge in [0.25, 0.3) is 0 Å². The summed E-state index contributed by atoms with van der Waals surface area (Å²) in [4.78, 5) is 17.3. The highest BCUT2D eigenvalue weighted by atomic mass is 16.2. The van der Waals surface area contributed by atoms with Crippen LogP contribution >= 0.6 is 0 Å². The summed E-state index contributed by atoms with van der Waals surface area (Å²) in [6.07, 6.45) is 13.0. The van der Waals surface area contributed by atoms with Gasteiger partial charge in [-0.2, -0.15) is 0 Å². The molecular weight excluding hydrogens is 332 g/mol. The zero-order chi connectivity index (χ0) is 18.6. The van der Waals surface area contributed by atoms with Gasteiger partial charge in [0.15, 0.2) is 0 Å². The van der Waals surface area contributed by atoms with Gasteiger partial charge in [0.2, 0.25) is 5.91 Å². The van der Waals surface area contributed by atoms with Gasteiger partial charge in [-0.25, -0.2) is 0 Å². The second kappa shape index (κ2) is 8.16. The van der Waals surface area contributed by atoms with Crippen molar-refractivity contribution in [2.75, 3.05) is 26.2 Å². The normalized spacial score (nSPS) is 24.0. The Morgan fingerprint density at radius 1 is 1.11 bits per heavy atom. The summed E-state index contributed by atoms with van der Waals surface area (Å²) in [5.74, 6) is 1.23. The Morgan fingerprint density at radius 3 is 2.78 bits per heavy atom. The van der Waals surface area contributed by atoms with E-state index in [1.54, 1.807) is 0 Å². The first-order valence-electron chi connectivity index (χ1n) is 10.4. The van der Waals surface area contributed by atoms with Gasteiger partial charge in [0.1, 0.15) is 0 Å². The minimum absolute atomic E-state index is 0.327. The van der Waals surface area contributed by atoms with Gasteiger partial charge in [-0.05, 0) is 17.6 Å². The molecule has 1 fully saturated rings. The number of nitrogens with zero attached hydrogens (tertiary/aromatic N) is 2. The lowest BCUT2D eigenvalue weighted by atomic mass is 9.75. The molecule has 2 aliphatic heterocycles. The Bertz CT molecular complexity index is 762. The maximum Gasteiger partial charge on any atom is 0.222 e. The van der Waals surface area contributed by atoms with Crippen molar-refractivity contribution in [3.8, 4) is 0 Å². The van der Waals surface area contributed by atoms with E-state index in [1.165, 1.54) is 16.8 Å². The fourth-order valence-electron chi connectivity index (χ4n) is 4.67. The van der Waals surface area contributed by atoms with E-state index in [-0.39, 0.29) is 0 Å². The lowest BCUT2D eigenvalue weighted by Crippen LogP contribution is -2.51. The van der Waals surface area contributed by atoms with Crippen molar-refractivity contribution >= 4 is 5.91 Å². The van der Waals surface area contributed by atoms with E-state index in [0.29, 0.717) is 24.2 Å². The van der Waals surface area contributed by atoms with Crippen LogP contribution in [0.15, 0.2) is 65.9 Å². The van der Waals surface area contributed by atoms with Crippen molar-refractivity contribution in [2.45, 2.75) is 38.5 Å². The number of carbonyl (C=O) groups is 1. The lowest BCUT2D eigenvalue weighted by Gasteiger charge is -2.47. The molecule has 2 atom stereocenters. The average molecular weight is 363 g/mol. The summed E-state index contributed by atoms with van der Waals surface area (Å²) in [7, 11) is 0. The van der Waals surface area contributed by atoms with Crippen LogP contribution < -0.4 is 0 Å². The van der Waals surface area contributed by atoms with Gasteiger partial charge < -0.3 is 9.80 Å². The smallest absolute Gasteiger partial charge is 0.222 e. The van der Waals surface area contributed by atoms with Crippen LogP contribution in [0.4, 0.5) is 0 Å². The van der Waals surface area contributed by atoms with E-state index in [2.05, 4.69) is 71.4 Å². The molecule has 0 saturated carbocycles. The Balaban J connectivity index is 1.57. The summed E-state index contributed by atoms with van der Waals surface area (Å²) in [6.45, 7) is 5.81. The molecule has 0 aromatic heterocycles. The molecule has 3 nitrogen and oxygen atoms in total. The second-order valence-corrected chi connectivity index (χ2v) is 7.91. The number of hydrogen-bond acceptors (Lipinski definition) is 2. The molecule has 4 rings (SSSR count). The predicted molar refractivity (Wildman–Crippen MR) is 110 cm³/mol. The molecule has 2 unspecified atom stereocenters. The van der Waals surface area contributed by atoms with Crippen LogP contribution in [0.2, 0.25) is 0 Å². The highest BCUT2D eigenvalue weighted by molar-refractivity contribution is 5.76. The zero-order valence-corrected chi connectivity index (χ0v) is 16.3. The third kappa shape index (κ3) is 3.73. The van der Waals surface area contributed by atoms with Crippen LogP contribution in [-0.4, -0.2) is 41.9 Å². The number of amides is 1. The largest absolute Gasteiger partial charge is 0.371 e. The summed E-state index contributed by atoms with van der Waals surface area (Å²) >= 11 is 0. The first-order valence-corrected chi connectivity index (χ1v) is 10.4. The molecule has 0 spiro atoms. The van der Waals surface area contributed by atoms with Crippen LogP contribution in [0, 0.1) is 5.92 Å². The van der Waals surface area contributed by atoms with Crippen molar-refractivity contribution in [1.82, 2.24) is 9.80 Å². The molecule has 1 aromatic rings. The Hall–Kier alpha value is -2.29. The van der Waals surface area contributed by atoms with E-state index in [9.17, 15) is 4.79 Å². The molecule has 142 valence electrons. The summed E-state index contributed by atoms with van der Waals surface area (Å²) in [5, 5.41) is 0. The van der Waals surface area contributed by atoms with Crippen molar-refractivity contribution in [1.29, 1.82) is 0 Å². The topological polar surface area (TPSA) is 23.6 Å². The molecule has 1 aliphatic carbocycles. The minimum Gasteiger partial charge on any atom is -0.371 e. The van der Waals surface area contributed by atoms with E-state index >= 15 is 0 Å². The minimum atomic E-state index is 0.327. The number of rotatable bonds is 5. The van der Waals surface area contributed by atoms with Crippen molar-refractivity contribution < 1.29 is 4.79 Å². The summed E-state index contributed by atoms with van der Waals surface area (Å²) in [6, 6.07) is 10.9. The number of benzene rings is 1. The molecule has 0 bridgehead atoms. The van der Waals surface area contributed by atoms with Gasteiger partial charge in [0.05, 0.1) is 6.54 Å². The molecular formula is C24H30N2O. The maximum atomic E-state index is 12.6. The number of unbranched alkanes of at least 4 members (excludes halogenated alkanes) is 2. The number of hydrogen-bond donors (Lipinski definition) is 0. The molecule has 3 aliphatic rings. The first kappa shape index (κ1) is 18.1. The standard InChI is InChI=1S/C24H30N2O/c1-2-3-5-14-24(27)26-16-15-25-17-22(19-10-6-4-7-11-19)20-12-8-9-13-21(20)23(25)18-26/h4,6-13,20,22H,2-3,5,14-18H2,1H3.